The molecule has 0 radical (unpaired) electrons. The largest absolute Gasteiger partial charge is 0.465 e. The number of hydrogen-bond donors (Lipinski definition) is 4. The molecule has 0 aromatic carbocycles. The molecule has 0 saturated heterocycles. The minimum absolute atomic E-state index is 0.0694. The van der Waals surface area contributed by atoms with Crippen LogP contribution in [0.25, 0.3) is 0 Å². The van der Waals surface area contributed by atoms with Crippen molar-refractivity contribution in [3.8, 4) is 0 Å². The highest BCUT2D eigenvalue weighted by molar-refractivity contribution is 7.87. The first-order chi connectivity index (χ1) is 18.0. The van der Waals surface area contributed by atoms with Crippen molar-refractivity contribution in [1.82, 2.24) is 4.90 Å². The number of rotatable bonds is 22. The number of ether oxygens (including phenoxy) is 2. The zero-order valence-corrected chi connectivity index (χ0v) is 24.7. The van der Waals surface area contributed by atoms with Crippen LogP contribution in [-0.4, -0.2) is 103 Å². The smallest absolute Gasteiger partial charge is 0.327 e. The number of aliphatic hydroxyl groups is 3. The van der Waals surface area contributed by atoms with Crippen LogP contribution < -0.4 is 0 Å². The van der Waals surface area contributed by atoms with Crippen LogP contribution in [0, 0.1) is 11.8 Å². The maximum absolute atomic E-state index is 12.2. The van der Waals surface area contributed by atoms with Gasteiger partial charge in [-0.2, -0.15) is 8.42 Å². The minimum atomic E-state index is -4.76. The maximum Gasteiger partial charge on any atom is 0.327 e. The second-order valence-electron chi connectivity index (χ2n) is 9.37. The van der Waals surface area contributed by atoms with E-state index >= 15 is 0 Å². The lowest BCUT2D eigenvalue weighted by Crippen LogP contribution is -2.35. The normalized spacial score (nSPS) is 13.8. The van der Waals surface area contributed by atoms with Crippen molar-refractivity contribution in [2.75, 3.05) is 52.7 Å². The van der Waals surface area contributed by atoms with E-state index in [1.807, 2.05) is 13.8 Å². The first-order valence-electron chi connectivity index (χ1n) is 13.9. The van der Waals surface area contributed by atoms with Crippen molar-refractivity contribution in [3.63, 3.8) is 0 Å². The molecule has 12 heteroatoms. The van der Waals surface area contributed by atoms with Crippen molar-refractivity contribution in [2.24, 2.45) is 11.8 Å². The average Bonchev–Trinajstić information content (AvgIpc) is 2.87. The lowest BCUT2D eigenvalue weighted by atomic mass is 10.0. The monoisotopic (exact) mass is 571 g/mol. The second kappa shape index (κ2) is 24.7. The first-order valence-corrected chi connectivity index (χ1v) is 15.4. The van der Waals surface area contributed by atoms with Crippen LogP contribution in [0.15, 0.2) is 0 Å². The summed E-state index contributed by atoms with van der Waals surface area (Å²) in [6.07, 6.45) is 6.74. The molecule has 0 spiro atoms. The van der Waals surface area contributed by atoms with Gasteiger partial charge in [-0.15, -0.1) is 0 Å². The lowest BCUT2D eigenvalue weighted by Gasteiger charge is -2.18. The molecule has 38 heavy (non-hydrogen) atoms. The van der Waals surface area contributed by atoms with E-state index in [1.165, 1.54) is 0 Å². The van der Waals surface area contributed by atoms with E-state index in [0.717, 1.165) is 51.4 Å². The molecule has 0 aliphatic carbocycles. The predicted octanol–water partition coefficient (Wildman–Crippen LogP) is 2.42. The SMILES string of the molecule is CCCCC(CC)COC(=O)CC(C(=O)OCC(CC)CCCC)S(=O)(=O)O.OCCN(CCO)CCO. The Morgan fingerprint density at radius 3 is 1.53 bits per heavy atom. The summed E-state index contributed by atoms with van der Waals surface area (Å²) in [5, 5.41) is 23.5. The highest BCUT2D eigenvalue weighted by Crippen LogP contribution is 2.17. The van der Waals surface area contributed by atoms with Gasteiger partial charge in [0.2, 0.25) is 0 Å². The Morgan fingerprint density at radius 1 is 0.763 bits per heavy atom. The molecule has 3 atom stereocenters. The molecule has 4 N–H and O–H groups in total. The third-order valence-corrected chi connectivity index (χ3v) is 7.33. The number of aliphatic hydroxyl groups excluding tert-OH is 3. The Kier molecular flexibility index (Phi) is 25.3. The summed E-state index contributed by atoms with van der Waals surface area (Å²) in [4.78, 5) is 26.0. The fourth-order valence-corrected chi connectivity index (χ4v) is 4.24. The summed E-state index contributed by atoms with van der Waals surface area (Å²) in [7, 11) is -4.76. The zero-order valence-electron chi connectivity index (χ0n) is 23.8. The van der Waals surface area contributed by atoms with E-state index in [2.05, 4.69) is 13.8 Å². The van der Waals surface area contributed by atoms with Crippen LogP contribution in [0.5, 0.6) is 0 Å². The van der Waals surface area contributed by atoms with Gasteiger partial charge in [-0.3, -0.25) is 19.0 Å². The second-order valence-corrected chi connectivity index (χ2v) is 11.0. The fraction of sp³-hybridized carbons (Fsp3) is 0.923. The highest BCUT2D eigenvalue weighted by atomic mass is 32.2. The number of esters is 2. The van der Waals surface area contributed by atoms with Crippen molar-refractivity contribution in [2.45, 2.75) is 90.7 Å². The van der Waals surface area contributed by atoms with Crippen molar-refractivity contribution in [3.05, 3.63) is 0 Å². The third kappa shape index (κ3) is 20.6. The molecular weight excluding hydrogens is 518 g/mol. The molecule has 0 saturated carbocycles. The molecule has 0 bridgehead atoms. The maximum atomic E-state index is 12.2. The molecule has 0 amide bonds. The summed E-state index contributed by atoms with van der Waals surface area (Å²) in [6.45, 7) is 10.1. The molecule has 3 unspecified atom stereocenters. The topological polar surface area (TPSA) is 171 Å². The lowest BCUT2D eigenvalue weighted by molar-refractivity contribution is -0.151. The standard InChI is InChI=1S/C20H38O7S.C6H15NO3/c1-5-9-11-16(7-3)14-26-19(21)13-18(28(23,24)25)20(22)27-15-17(8-4)12-10-6-2;8-4-1-7(2-5-9)3-6-10/h16-18H,5-15H2,1-4H3,(H,23,24,25);8-10H,1-6H2. The molecule has 0 aliphatic heterocycles. The Balaban J connectivity index is 0. The van der Waals surface area contributed by atoms with Gasteiger partial charge in [0.05, 0.1) is 39.5 Å². The molecule has 0 aromatic rings. The molecule has 11 nitrogen and oxygen atoms in total. The van der Waals surface area contributed by atoms with Gasteiger partial charge in [-0.1, -0.05) is 66.2 Å². The molecule has 0 fully saturated rings. The van der Waals surface area contributed by atoms with Gasteiger partial charge in [0.25, 0.3) is 10.1 Å². The summed E-state index contributed by atoms with van der Waals surface area (Å²) < 4.78 is 42.8. The molecule has 0 rings (SSSR count). The van der Waals surface area contributed by atoms with Gasteiger partial charge in [0.1, 0.15) is 0 Å². The summed E-state index contributed by atoms with van der Waals surface area (Å²) >= 11 is 0. The van der Waals surface area contributed by atoms with Crippen LogP contribution in [0.3, 0.4) is 0 Å². The number of unbranched alkanes of at least 4 members (excludes halogenated alkanes) is 2. The summed E-state index contributed by atoms with van der Waals surface area (Å²) in [6, 6.07) is 0. The van der Waals surface area contributed by atoms with Crippen LogP contribution in [0.4, 0.5) is 0 Å². The van der Waals surface area contributed by atoms with Crippen molar-refractivity contribution < 1.29 is 47.4 Å². The minimum Gasteiger partial charge on any atom is -0.465 e. The first kappa shape index (κ1) is 38.8. The quantitative estimate of drug-likeness (QED) is 0.111. The number of carbonyl (C=O) groups excluding carboxylic acids is 2. The molecule has 0 aromatic heterocycles. The van der Waals surface area contributed by atoms with Crippen LogP contribution in [0.2, 0.25) is 0 Å². The van der Waals surface area contributed by atoms with E-state index in [-0.39, 0.29) is 44.9 Å². The van der Waals surface area contributed by atoms with E-state index in [0.29, 0.717) is 19.6 Å². The number of carbonyl (C=O) groups is 2. The Hall–Kier alpha value is -1.31. The fourth-order valence-electron chi connectivity index (χ4n) is 3.58. The number of nitrogens with zero attached hydrogens (tertiary/aromatic N) is 1. The van der Waals surface area contributed by atoms with Gasteiger partial charge in [0, 0.05) is 19.6 Å². The van der Waals surface area contributed by atoms with Gasteiger partial charge in [-0.05, 0) is 24.7 Å². The van der Waals surface area contributed by atoms with Gasteiger partial charge in [-0.25, -0.2) is 0 Å². The van der Waals surface area contributed by atoms with Crippen LogP contribution in [-0.2, 0) is 29.2 Å². The Morgan fingerprint density at radius 2 is 1.18 bits per heavy atom. The zero-order chi connectivity index (χ0) is 29.4. The van der Waals surface area contributed by atoms with E-state index < -0.39 is 33.7 Å². The van der Waals surface area contributed by atoms with E-state index in [1.54, 1.807) is 4.90 Å². The Bertz CT molecular complexity index is 675. The molecule has 0 aliphatic rings. The third-order valence-electron chi connectivity index (χ3n) is 6.25. The van der Waals surface area contributed by atoms with Gasteiger partial charge >= 0.3 is 11.9 Å². The van der Waals surface area contributed by atoms with E-state index in [4.69, 9.17) is 24.8 Å². The summed E-state index contributed by atoms with van der Waals surface area (Å²) in [5.41, 5.74) is 0. The summed E-state index contributed by atoms with van der Waals surface area (Å²) in [5.74, 6) is -1.61. The molecular formula is C26H53NO10S. The molecule has 0 heterocycles. The van der Waals surface area contributed by atoms with Gasteiger partial charge in [0.15, 0.2) is 5.25 Å². The Labute approximate surface area is 229 Å². The predicted molar refractivity (Wildman–Crippen MR) is 146 cm³/mol. The van der Waals surface area contributed by atoms with Crippen LogP contribution in [0.1, 0.15) is 85.5 Å². The average molecular weight is 572 g/mol. The van der Waals surface area contributed by atoms with Crippen molar-refractivity contribution >= 4 is 22.1 Å². The van der Waals surface area contributed by atoms with Gasteiger partial charge < -0.3 is 24.8 Å². The highest BCUT2D eigenvalue weighted by Gasteiger charge is 2.36. The number of hydrogen-bond acceptors (Lipinski definition) is 10. The molecule has 228 valence electrons. The van der Waals surface area contributed by atoms with Crippen LogP contribution >= 0.6 is 0 Å². The van der Waals surface area contributed by atoms with E-state index in [9.17, 15) is 22.6 Å². The van der Waals surface area contributed by atoms with Crippen molar-refractivity contribution in [1.29, 1.82) is 0 Å².